The second-order valence-electron chi connectivity index (χ2n) is 5.25. The van der Waals surface area contributed by atoms with E-state index in [0.717, 1.165) is 30.9 Å². The van der Waals surface area contributed by atoms with Crippen molar-refractivity contribution in [2.24, 2.45) is 0 Å². The van der Waals surface area contributed by atoms with E-state index < -0.39 is 0 Å². The topological polar surface area (TPSA) is 58.7 Å². The van der Waals surface area contributed by atoms with Crippen molar-refractivity contribution in [3.8, 4) is 5.75 Å². The summed E-state index contributed by atoms with van der Waals surface area (Å²) in [5.74, 6) is 0.811. The van der Waals surface area contributed by atoms with E-state index in [2.05, 4.69) is 4.90 Å². The number of anilines is 1. The number of nitrogens with zero attached hydrogens (tertiary/aromatic N) is 1. The van der Waals surface area contributed by atoms with Gasteiger partial charge in [0, 0.05) is 37.5 Å². The lowest BCUT2D eigenvalue weighted by molar-refractivity contribution is 0.109. The zero-order valence-corrected chi connectivity index (χ0v) is 11.6. The molecule has 1 aromatic rings. The van der Waals surface area contributed by atoms with Crippen LogP contribution >= 0.6 is 0 Å². The summed E-state index contributed by atoms with van der Waals surface area (Å²) >= 11 is 0. The first kappa shape index (κ1) is 14.2. The second kappa shape index (κ2) is 6.78. The molecule has 2 rings (SSSR count). The summed E-state index contributed by atoms with van der Waals surface area (Å²) in [6.07, 6.45) is 4.69. The number of rotatable bonds is 7. The molecule has 0 unspecified atom stereocenters. The molecule has 0 amide bonds. The number of benzene rings is 1. The highest BCUT2D eigenvalue weighted by Crippen LogP contribution is 2.27. The van der Waals surface area contributed by atoms with Crippen LogP contribution in [-0.4, -0.2) is 36.3 Å². The highest BCUT2D eigenvalue weighted by Gasteiger charge is 2.24. The van der Waals surface area contributed by atoms with E-state index in [9.17, 15) is 0 Å². The standard InChI is InChI=1S/C15H24N2O2/c1-19-15-9-12(8-13(16)10-15)11-17(6-3-7-18)14-4-2-5-14/h8-10,14,18H,2-7,11,16H2,1H3. The van der Waals surface area contributed by atoms with Crippen LogP contribution in [-0.2, 0) is 6.54 Å². The molecular weight excluding hydrogens is 240 g/mol. The van der Waals surface area contributed by atoms with Gasteiger partial charge in [0.15, 0.2) is 0 Å². The molecule has 0 aromatic heterocycles. The van der Waals surface area contributed by atoms with Crippen molar-refractivity contribution < 1.29 is 9.84 Å². The Hall–Kier alpha value is -1.26. The van der Waals surface area contributed by atoms with Crippen LogP contribution in [0.1, 0.15) is 31.2 Å². The lowest BCUT2D eigenvalue weighted by Gasteiger charge is -2.37. The first-order valence-electron chi connectivity index (χ1n) is 7.01. The molecule has 0 spiro atoms. The molecule has 4 nitrogen and oxygen atoms in total. The molecular formula is C15H24N2O2. The number of hydrogen-bond donors (Lipinski definition) is 2. The van der Waals surface area contributed by atoms with E-state index in [1.165, 1.54) is 24.8 Å². The molecule has 4 heteroatoms. The monoisotopic (exact) mass is 264 g/mol. The fourth-order valence-electron chi connectivity index (χ4n) is 2.55. The van der Waals surface area contributed by atoms with Crippen LogP contribution in [0.25, 0.3) is 0 Å². The number of aliphatic hydroxyl groups is 1. The maximum atomic E-state index is 9.01. The molecule has 0 heterocycles. The third-order valence-electron chi connectivity index (χ3n) is 3.80. The third kappa shape index (κ3) is 3.85. The normalized spacial score (nSPS) is 15.5. The zero-order chi connectivity index (χ0) is 13.7. The number of methoxy groups -OCH3 is 1. The highest BCUT2D eigenvalue weighted by atomic mass is 16.5. The second-order valence-corrected chi connectivity index (χ2v) is 5.25. The first-order chi connectivity index (χ1) is 9.22. The smallest absolute Gasteiger partial charge is 0.121 e. The van der Waals surface area contributed by atoms with Crippen LogP contribution in [0.4, 0.5) is 5.69 Å². The number of nitrogens with two attached hydrogens (primary N) is 1. The van der Waals surface area contributed by atoms with E-state index >= 15 is 0 Å². The molecule has 0 radical (unpaired) electrons. The molecule has 1 fully saturated rings. The number of nitrogen functional groups attached to an aromatic ring is 1. The van der Waals surface area contributed by atoms with E-state index in [0.29, 0.717) is 6.04 Å². The van der Waals surface area contributed by atoms with Gasteiger partial charge in [-0.2, -0.15) is 0 Å². The van der Waals surface area contributed by atoms with Crippen molar-refractivity contribution in [1.29, 1.82) is 0 Å². The van der Waals surface area contributed by atoms with E-state index in [-0.39, 0.29) is 6.61 Å². The molecule has 1 aliphatic carbocycles. The number of hydrogen-bond acceptors (Lipinski definition) is 4. The van der Waals surface area contributed by atoms with Gasteiger partial charge in [-0.05, 0) is 37.0 Å². The summed E-state index contributed by atoms with van der Waals surface area (Å²) < 4.78 is 5.26. The van der Waals surface area contributed by atoms with Crippen molar-refractivity contribution in [2.45, 2.75) is 38.3 Å². The fraction of sp³-hybridized carbons (Fsp3) is 0.600. The van der Waals surface area contributed by atoms with Crippen molar-refractivity contribution >= 4 is 5.69 Å². The predicted octanol–water partition coefficient (Wildman–Crippen LogP) is 2.01. The molecule has 3 N–H and O–H groups in total. The summed E-state index contributed by atoms with van der Waals surface area (Å²) in [7, 11) is 1.66. The Morgan fingerprint density at radius 1 is 1.37 bits per heavy atom. The predicted molar refractivity (Wildman–Crippen MR) is 77.2 cm³/mol. The third-order valence-corrected chi connectivity index (χ3v) is 3.80. The minimum absolute atomic E-state index is 0.253. The molecule has 0 aliphatic heterocycles. The van der Waals surface area contributed by atoms with E-state index in [4.69, 9.17) is 15.6 Å². The summed E-state index contributed by atoms with van der Waals surface area (Å²) in [4.78, 5) is 2.45. The van der Waals surface area contributed by atoms with Gasteiger partial charge in [0.1, 0.15) is 5.75 Å². The zero-order valence-electron chi connectivity index (χ0n) is 11.6. The van der Waals surface area contributed by atoms with Crippen molar-refractivity contribution in [2.75, 3.05) is 26.0 Å². The van der Waals surface area contributed by atoms with Gasteiger partial charge in [-0.25, -0.2) is 0 Å². The van der Waals surface area contributed by atoms with Gasteiger partial charge in [0.2, 0.25) is 0 Å². The Bertz CT molecular complexity index is 405. The Morgan fingerprint density at radius 2 is 2.16 bits per heavy atom. The molecule has 1 aliphatic rings. The number of aliphatic hydroxyl groups excluding tert-OH is 1. The van der Waals surface area contributed by atoms with Crippen LogP contribution in [0.2, 0.25) is 0 Å². The quantitative estimate of drug-likeness (QED) is 0.740. The fourth-order valence-corrected chi connectivity index (χ4v) is 2.55. The summed E-state index contributed by atoms with van der Waals surface area (Å²) in [6, 6.07) is 6.55. The number of ether oxygens (including phenoxy) is 1. The van der Waals surface area contributed by atoms with Crippen molar-refractivity contribution in [1.82, 2.24) is 4.90 Å². The van der Waals surface area contributed by atoms with Crippen LogP contribution < -0.4 is 10.5 Å². The Labute approximate surface area is 115 Å². The van der Waals surface area contributed by atoms with Gasteiger partial charge in [-0.15, -0.1) is 0 Å². The summed E-state index contributed by atoms with van der Waals surface area (Å²) in [6.45, 7) is 2.08. The average Bonchev–Trinajstić information content (AvgIpc) is 2.33. The maximum Gasteiger partial charge on any atom is 0.121 e. The SMILES string of the molecule is COc1cc(N)cc(CN(CCCO)C2CCC2)c1. The van der Waals surface area contributed by atoms with Crippen LogP contribution in [0.5, 0.6) is 5.75 Å². The van der Waals surface area contributed by atoms with Crippen LogP contribution in [0.15, 0.2) is 18.2 Å². The molecule has 19 heavy (non-hydrogen) atoms. The van der Waals surface area contributed by atoms with Gasteiger partial charge in [0.25, 0.3) is 0 Å². The molecule has 0 bridgehead atoms. The Kier molecular flexibility index (Phi) is 5.05. The molecule has 0 atom stereocenters. The van der Waals surface area contributed by atoms with Gasteiger partial charge < -0.3 is 15.6 Å². The molecule has 0 saturated heterocycles. The van der Waals surface area contributed by atoms with Gasteiger partial charge in [0.05, 0.1) is 7.11 Å². The average molecular weight is 264 g/mol. The van der Waals surface area contributed by atoms with Gasteiger partial charge in [-0.1, -0.05) is 6.42 Å². The van der Waals surface area contributed by atoms with Crippen LogP contribution in [0.3, 0.4) is 0 Å². The van der Waals surface area contributed by atoms with Gasteiger partial charge >= 0.3 is 0 Å². The van der Waals surface area contributed by atoms with E-state index in [1.807, 2.05) is 18.2 Å². The highest BCUT2D eigenvalue weighted by molar-refractivity contribution is 5.47. The first-order valence-corrected chi connectivity index (χ1v) is 7.01. The van der Waals surface area contributed by atoms with Gasteiger partial charge in [-0.3, -0.25) is 4.90 Å². The molecule has 1 aromatic carbocycles. The largest absolute Gasteiger partial charge is 0.497 e. The summed E-state index contributed by atoms with van der Waals surface area (Å²) in [5.41, 5.74) is 7.82. The minimum atomic E-state index is 0.253. The minimum Gasteiger partial charge on any atom is -0.497 e. The molecule has 106 valence electrons. The van der Waals surface area contributed by atoms with Crippen molar-refractivity contribution in [3.05, 3.63) is 23.8 Å². The lowest BCUT2D eigenvalue weighted by atomic mass is 9.91. The van der Waals surface area contributed by atoms with Crippen molar-refractivity contribution in [3.63, 3.8) is 0 Å². The van der Waals surface area contributed by atoms with E-state index in [1.54, 1.807) is 7.11 Å². The molecule has 1 saturated carbocycles. The van der Waals surface area contributed by atoms with Crippen LogP contribution in [0, 0.1) is 0 Å². The summed E-state index contributed by atoms with van der Waals surface area (Å²) in [5, 5.41) is 9.01. The lowest BCUT2D eigenvalue weighted by Crippen LogP contribution is -2.40. The Morgan fingerprint density at radius 3 is 2.74 bits per heavy atom. The Balaban J connectivity index is 2.04. The maximum absolute atomic E-state index is 9.01.